The summed E-state index contributed by atoms with van der Waals surface area (Å²) in [6.45, 7) is 4.39. The van der Waals surface area contributed by atoms with Crippen LogP contribution in [0.1, 0.15) is 33.4 Å². The Morgan fingerprint density at radius 1 is 0.429 bits per heavy atom. The second-order valence-corrected chi connectivity index (χ2v) is 14.8. The molecule has 1 aliphatic heterocycles. The first-order chi connectivity index (χ1) is 27.6. The van der Waals surface area contributed by atoms with Gasteiger partial charge in [0.05, 0.1) is 16.8 Å². The first-order valence-electron chi connectivity index (χ1n) is 19.2. The molecule has 0 N–H and O–H groups in total. The lowest BCUT2D eigenvalue weighted by molar-refractivity contribution is 0.749. The summed E-state index contributed by atoms with van der Waals surface area (Å²) in [6.07, 6.45) is 0. The summed E-state index contributed by atoms with van der Waals surface area (Å²) >= 11 is 0. The van der Waals surface area contributed by atoms with Crippen molar-refractivity contribution in [2.45, 2.75) is 19.3 Å². The molecule has 264 valence electrons. The Labute approximate surface area is 326 Å². The maximum atomic E-state index is 5.48. The number of fused-ring (bicyclic) bond motifs is 10. The number of aromatic nitrogens is 3. The Morgan fingerprint density at radius 3 is 1.61 bits per heavy atom. The zero-order valence-corrected chi connectivity index (χ0v) is 31.1. The molecule has 0 amide bonds. The topological polar surface area (TPSA) is 41.9 Å². The molecule has 1 spiro atoms. The maximum absolute atomic E-state index is 5.48. The van der Waals surface area contributed by atoms with Gasteiger partial charge in [0.2, 0.25) is 5.95 Å². The summed E-state index contributed by atoms with van der Waals surface area (Å²) in [5.74, 6) is 1.84. The van der Waals surface area contributed by atoms with Gasteiger partial charge in [0.15, 0.2) is 11.6 Å². The lowest BCUT2D eigenvalue weighted by atomic mass is 9.65. The van der Waals surface area contributed by atoms with Gasteiger partial charge in [-0.3, -0.25) is 4.90 Å². The van der Waals surface area contributed by atoms with Gasteiger partial charge in [0.25, 0.3) is 0 Å². The Morgan fingerprint density at radius 2 is 0.946 bits per heavy atom. The summed E-state index contributed by atoms with van der Waals surface area (Å²) < 4.78 is 0. The van der Waals surface area contributed by atoms with Crippen molar-refractivity contribution in [1.82, 2.24) is 15.0 Å². The van der Waals surface area contributed by atoms with Gasteiger partial charge in [-0.05, 0) is 98.5 Å². The van der Waals surface area contributed by atoms with Gasteiger partial charge in [-0.1, -0.05) is 164 Å². The molecule has 8 aromatic carbocycles. The van der Waals surface area contributed by atoms with E-state index in [4.69, 9.17) is 15.0 Å². The van der Waals surface area contributed by atoms with E-state index in [1.54, 1.807) is 0 Å². The van der Waals surface area contributed by atoms with E-state index in [1.807, 2.05) is 18.2 Å². The Balaban J connectivity index is 1.21. The Kier molecular flexibility index (Phi) is 7.17. The van der Waals surface area contributed by atoms with Crippen LogP contribution < -0.4 is 4.90 Å². The van der Waals surface area contributed by atoms with Crippen LogP contribution in [0.2, 0.25) is 0 Å². The minimum atomic E-state index is -0.521. The van der Waals surface area contributed by atoms with Gasteiger partial charge in [-0.15, -0.1) is 0 Å². The van der Waals surface area contributed by atoms with Crippen LogP contribution in [0.5, 0.6) is 0 Å². The highest BCUT2D eigenvalue weighted by Crippen LogP contribution is 2.63. The standard InChI is InChI=1S/C52H36N4/c1-33-18-6-8-22-37(33)48-34(2)41(32-36-21-7-9-23-38(36)48)50-53-49(35-19-4-3-5-20-35)54-51(55-50)56-46-30-16-14-28-44(46)52(45-29-15-17-31-47(45)56)42-26-12-10-24-39(42)40-25-11-13-27-43(40)52/h3-32H,1-2H3. The van der Waals surface area contributed by atoms with Gasteiger partial charge >= 0.3 is 0 Å². The van der Waals surface area contributed by atoms with Crippen LogP contribution in [0.4, 0.5) is 17.3 Å². The lowest BCUT2D eigenvalue weighted by Gasteiger charge is -2.44. The monoisotopic (exact) mass is 716 g/mol. The van der Waals surface area contributed by atoms with Crippen LogP contribution in [0.3, 0.4) is 0 Å². The van der Waals surface area contributed by atoms with E-state index in [-0.39, 0.29) is 0 Å². The highest BCUT2D eigenvalue weighted by Gasteiger charge is 2.51. The van der Waals surface area contributed by atoms with Crippen molar-refractivity contribution in [3.05, 3.63) is 215 Å². The molecular formula is C52H36N4. The molecule has 56 heavy (non-hydrogen) atoms. The normalized spacial score (nSPS) is 13.3. The number of benzene rings is 8. The summed E-state index contributed by atoms with van der Waals surface area (Å²) in [6, 6.07) is 65.2. The van der Waals surface area contributed by atoms with Crippen molar-refractivity contribution in [2.24, 2.45) is 0 Å². The molecule has 0 unspecified atom stereocenters. The van der Waals surface area contributed by atoms with Crippen LogP contribution in [-0.4, -0.2) is 15.0 Å². The molecule has 1 aromatic heterocycles. The number of para-hydroxylation sites is 2. The lowest BCUT2D eigenvalue weighted by Crippen LogP contribution is -2.36. The van der Waals surface area contributed by atoms with Crippen LogP contribution in [0.15, 0.2) is 182 Å². The van der Waals surface area contributed by atoms with E-state index in [2.05, 4.69) is 183 Å². The van der Waals surface area contributed by atoms with Gasteiger partial charge in [0.1, 0.15) is 0 Å². The molecule has 0 saturated heterocycles. The molecule has 0 atom stereocenters. The van der Waals surface area contributed by atoms with E-state index in [9.17, 15) is 0 Å². The molecule has 9 aromatic rings. The van der Waals surface area contributed by atoms with Crippen LogP contribution in [0, 0.1) is 13.8 Å². The Hall–Kier alpha value is -7.17. The second-order valence-electron chi connectivity index (χ2n) is 14.8. The van der Waals surface area contributed by atoms with Crippen molar-refractivity contribution < 1.29 is 0 Å². The molecule has 11 rings (SSSR count). The smallest absolute Gasteiger partial charge is 0.238 e. The first kappa shape index (κ1) is 32.3. The largest absolute Gasteiger partial charge is 0.278 e. The number of rotatable bonds is 4. The molecular weight excluding hydrogens is 681 g/mol. The number of hydrogen-bond donors (Lipinski definition) is 0. The van der Waals surface area contributed by atoms with Crippen molar-refractivity contribution in [1.29, 1.82) is 0 Å². The quantitative estimate of drug-likeness (QED) is 0.182. The predicted molar refractivity (Wildman–Crippen MR) is 229 cm³/mol. The third-order valence-electron chi connectivity index (χ3n) is 11.9. The van der Waals surface area contributed by atoms with Crippen molar-refractivity contribution in [3.8, 4) is 45.0 Å². The number of hydrogen-bond acceptors (Lipinski definition) is 4. The fourth-order valence-electron chi connectivity index (χ4n) is 9.46. The van der Waals surface area contributed by atoms with Crippen LogP contribution >= 0.6 is 0 Å². The second kappa shape index (κ2) is 12.4. The van der Waals surface area contributed by atoms with Crippen LogP contribution in [0.25, 0.3) is 55.8 Å². The van der Waals surface area contributed by atoms with Gasteiger partial charge < -0.3 is 0 Å². The van der Waals surface area contributed by atoms with Gasteiger partial charge in [0, 0.05) is 11.1 Å². The minimum absolute atomic E-state index is 0.521. The van der Waals surface area contributed by atoms with Crippen LogP contribution in [-0.2, 0) is 5.41 Å². The van der Waals surface area contributed by atoms with E-state index in [0.29, 0.717) is 17.6 Å². The fraction of sp³-hybridized carbons (Fsp3) is 0.0577. The van der Waals surface area contributed by atoms with Crippen molar-refractivity contribution in [3.63, 3.8) is 0 Å². The molecule has 4 heteroatoms. The summed E-state index contributed by atoms with van der Waals surface area (Å²) in [7, 11) is 0. The highest BCUT2D eigenvalue weighted by atomic mass is 15.3. The third kappa shape index (κ3) is 4.56. The maximum Gasteiger partial charge on any atom is 0.238 e. The van der Waals surface area contributed by atoms with E-state index in [0.717, 1.165) is 33.5 Å². The molecule has 0 saturated carbocycles. The van der Waals surface area contributed by atoms with E-state index >= 15 is 0 Å². The average Bonchev–Trinajstić information content (AvgIpc) is 3.55. The zero-order valence-electron chi connectivity index (χ0n) is 31.1. The molecule has 0 bridgehead atoms. The number of aryl methyl sites for hydroxylation is 1. The molecule has 2 heterocycles. The Bertz CT molecular complexity index is 2920. The number of nitrogens with zero attached hydrogens (tertiary/aromatic N) is 4. The zero-order chi connectivity index (χ0) is 37.4. The summed E-state index contributed by atoms with van der Waals surface area (Å²) in [4.78, 5) is 18.4. The average molecular weight is 717 g/mol. The number of anilines is 3. The molecule has 0 radical (unpaired) electrons. The molecule has 1 aliphatic carbocycles. The molecule has 4 nitrogen and oxygen atoms in total. The third-order valence-corrected chi connectivity index (χ3v) is 11.9. The SMILES string of the molecule is Cc1ccccc1-c1c(C)c(-c2nc(-c3ccccc3)nc(N3c4ccccc4C4(c5ccccc5-c5ccccc54)c4ccccc43)n2)cc2ccccc12. The van der Waals surface area contributed by atoms with E-state index < -0.39 is 5.41 Å². The summed E-state index contributed by atoms with van der Waals surface area (Å²) in [5, 5.41) is 2.35. The summed E-state index contributed by atoms with van der Waals surface area (Å²) in [5.41, 5.74) is 15.8. The molecule has 2 aliphatic rings. The van der Waals surface area contributed by atoms with Gasteiger partial charge in [-0.25, -0.2) is 4.98 Å². The minimum Gasteiger partial charge on any atom is -0.278 e. The van der Waals surface area contributed by atoms with Crippen molar-refractivity contribution >= 4 is 28.1 Å². The predicted octanol–water partition coefficient (Wildman–Crippen LogP) is 12.8. The van der Waals surface area contributed by atoms with E-state index in [1.165, 1.54) is 55.5 Å². The fourth-order valence-corrected chi connectivity index (χ4v) is 9.46. The highest BCUT2D eigenvalue weighted by molar-refractivity contribution is 6.03. The van der Waals surface area contributed by atoms with Crippen molar-refractivity contribution in [2.75, 3.05) is 4.90 Å². The molecule has 0 fully saturated rings. The van der Waals surface area contributed by atoms with Gasteiger partial charge in [-0.2, -0.15) is 9.97 Å². The first-order valence-corrected chi connectivity index (χ1v) is 19.2.